The highest BCUT2D eigenvalue weighted by Crippen LogP contribution is 2.26. The Morgan fingerprint density at radius 2 is 1.60 bits per heavy atom. The van der Waals surface area contributed by atoms with Crippen molar-refractivity contribution in [1.82, 2.24) is 0 Å². The minimum absolute atomic E-state index is 0.173. The molecule has 126 valence electrons. The zero-order valence-corrected chi connectivity index (χ0v) is 13.6. The van der Waals surface area contributed by atoms with Crippen LogP contribution in [0.15, 0.2) is 72.8 Å². The van der Waals surface area contributed by atoms with Gasteiger partial charge in [-0.05, 0) is 54.6 Å². The van der Waals surface area contributed by atoms with Crippen molar-refractivity contribution in [3.8, 4) is 23.0 Å². The number of phenols is 1. The van der Waals surface area contributed by atoms with Crippen LogP contribution in [-0.2, 0) is 0 Å². The topological polar surface area (TPSA) is 67.8 Å². The first-order valence-corrected chi connectivity index (χ1v) is 7.66. The number of amides is 1. The fourth-order valence-corrected chi connectivity index (χ4v) is 2.26. The lowest BCUT2D eigenvalue weighted by molar-refractivity contribution is 0.102. The largest absolute Gasteiger partial charge is 0.508 e. The van der Waals surface area contributed by atoms with Crippen molar-refractivity contribution < 1.29 is 19.4 Å². The van der Waals surface area contributed by atoms with Crippen molar-refractivity contribution >= 4 is 11.6 Å². The molecule has 0 aromatic heterocycles. The van der Waals surface area contributed by atoms with Gasteiger partial charge in [-0.3, -0.25) is 4.79 Å². The van der Waals surface area contributed by atoms with Gasteiger partial charge in [-0.2, -0.15) is 0 Å². The summed E-state index contributed by atoms with van der Waals surface area (Å²) < 4.78 is 10.8. The van der Waals surface area contributed by atoms with E-state index in [9.17, 15) is 9.90 Å². The van der Waals surface area contributed by atoms with E-state index in [2.05, 4.69) is 5.32 Å². The van der Waals surface area contributed by atoms with Crippen LogP contribution < -0.4 is 14.8 Å². The van der Waals surface area contributed by atoms with Crippen molar-refractivity contribution in [3.05, 3.63) is 78.4 Å². The number of methoxy groups -OCH3 is 1. The molecule has 3 aromatic carbocycles. The molecule has 25 heavy (non-hydrogen) atoms. The predicted octanol–water partition coefficient (Wildman–Crippen LogP) is 4.45. The predicted molar refractivity (Wildman–Crippen MR) is 95.6 cm³/mol. The second-order valence-corrected chi connectivity index (χ2v) is 5.31. The first-order valence-electron chi connectivity index (χ1n) is 7.66. The molecule has 0 atom stereocenters. The van der Waals surface area contributed by atoms with E-state index >= 15 is 0 Å². The van der Waals surface area contributed by atoms with Gasteiger partial charge in [0.15, 0.2) is 0 Å². The van der Waals surface area contributed by atoms with Crippen LogP contribution in [0.4, 0.5) is 5.69 Å². The third-order valence-corrected chi connectivity index (χ3v) is 3.50. The molecule has 1 amide bonds. The number of ether oxygens (including phenoxy) is 2. The first-order chi connectivity index (χ1) is 12.1. The molecule has 5 heteroatoms. The number of hydrogen-bond donors (Lipinski definition) is 2. The Bertz CT molecular complexity index is 875. The van der Waals surface area contributed by atoms with E-state index in [1.165, 1.54) is 0 Å². The van der Waals surface area contributed by atoms with E-state index in [0.717, 1.165) is 0 Å². The maximum absolute atomic E-state index is 12.4. The molecule has 0 saturated carbocycles. The zero-order chi connectivity index (χ0) is 17.6. The molecule has 3 rings (SSSR count). The van der Waals surface area contributed by atoms with Gasteiger partial charge in [0.2, 0.25) is 0 Å². The summed E-state index contributed by atoms with van der Waals surface area (Å²) in [7, 11) is 1.56. The number of benzene rings is 3. The van der Waals surface area contributed by atoms with Gasteiger partial charge in [-0.1, -0.05) is 12.1 Å². The van der Waals surface area contributed by atoms with Crippen LogP contribution in [0.25, 0.3) is 0 Å². The number of carbonyl (C=O) groups is 1. The maximum atomic E-state index is 12.4. The SMILES string of the molecule is COc1cccc(C(=O)Nc2cccc(Oc3ccc(O)cc3)c2)c1. The van der Waals surface area contributed by atoms with Crippen molar-refractivity contribution in [3.63, 3.8) is 0 Å². The molecule has 0 fully saturated rings. The smallest absolute Gasteiger partial charge is 0.255 e. The lowest BCUT2D eigenvalue weighted by Gasteiger charge is -2.09. The number of anilines is 1. The Hall–Kier alpha value is -3.47. The third kappa shape index (κ3) is 4.29. The highest BCUT2D eigenvalue weighted by Gasteiger charge is 2.08. The van der Waals surface area contributed by atoms with Crippen LogP contribution in [0.5, 0.6) is 23.0 Å². The van der Waals surface area contributed by atoms with Crippen LogP contribution in [0, 0.1) is 0 Å². The van der Waals surface area contributed by atoms with Gasteiger partial charge in [0, 0.05) is 17.3 Å². The summed E-state index contributed by atoms with van der Waals surface area (Å²) in [4.78, 5) is 12.4. The summed E-state index contributed by atoms with van der Waals surface area (Å²) in [5.41, 5.74) is 1.12. The fourth-order valence-electron chi connectivity index (χ4n) is 2.26. The number of carbonyl (C=O) groups excluding carboxylic acids is 1. The minimum atomic E-state index is -0.235. The van der Waals surface area contributed by atoms with Gasteiger partial charge < -0.3 is 19.9 Å². The van der Waals surface area contributed by atoms with Crippen molar-refractivity contribution in [1.29, 1.82) is 0 Å². The second kappa shape index (κ2) is 7.40. The number of nitrogens with one attached hydrogen (secondary N) is 1. The highest BCUT2D eigenvalue weighted by atomic mass is 16.5. The van der Waals surface area contributed by atoms with Crippen molar-refractivity contribution in [2.75, 3.05) is 12.4 Å². The van der Waals surface area contributed by atoms with Crippen LogP contribution in [0.3, 0.4) is 0 Å². The van der Waals surface area contributed by atoms with Gasteiger partial charge in [0.25, 0.3) is 5.91 Å². The Kier molecular flexibility index (Phi) is 4.85. The average molecular weight is 335 g/mol. The molecule has 5 nitrogen and oxygen atoms in total. The summed E-state index contributed by atoms with van der Waals surface area (Å²) in [5, 5.41) is 12.1. The Balaban J connectivity index is 1.72. The lowest BCUT2D eigenvalue weighted by atomic mass is 10.2. The number of phenolic OH excluding ortho intramolecular Hbond substituents is 1. The van der Waals surface area contributed by atoms with Crippen LogP contribution >= 0.6 is 0 Å². The van der Waals surface area contributed by atoms with E-state index in [4.69, 9.17) is 9.47 Å². The quantitative estimate of drug-likeness (QED) is 0.723. The monoisotopic (exact) mass is 335 g/mol. The van der Waals surface area contributed by atoms with Crippen molar-refractivity contribution in [2.45, 2.75) is 0 Å². The molecule has 0 saturated heterocycles. The van der Waals surface area contributed by atoms with Gasteiger partial charge in [0.05, 0.1) is 7.11 Å². The number of aromatic hydroxyl groups is 1. The third-order valence-electron chi connectivity index (χ3n) is 3.50. The van der Waals surface area contributed by atoms with E-state index in [-0.39, 0.29) is 11.7 Å². The zero-order valence-electron chi connectivity index (χ0n) is 13.6. The Morgan fingerprint density at radius 1 is 0.880 bits per heavy atom. The molecule has 0 aliphatic rings. The molecule has 0 radical (unpaired) electrons. The summed E-state index contributed by atoms with van der Waals surface area (Å²) in [6.07, 6.45) is 0. The number of rotatable bonds is 5. The summed E-state index contributed by atoms with van der Waals surface area (Å²) >= 11 is 0. The molecule has 0 bridgehead atoms. The molecule has 0 aliphatic heterocycles. The van der Waals surface area contributed by atoms with Crippen molar-refractivity contribution in [2.24, 2.45) is 0 Å². The maximum Gasteiger partial charge on any atom is 0.255 e. The van der Waals surface area contributed by atoms with E-state index in [1.807, 2.05) is 0 Å². The van der Waals surface area contributed by atoms with Gasteiger partial charge >= 0.3 is 0 Å². The molecule has 2 N–H and O–H groups in total. The second-order valence-electron chi connectivity index (χ2n) is 5.31. The molecular formula is C20H17NO4. The molecule has 0 heterocycles. The lowest BCUT2D eigenvalue weighted by Crippen LogP contribution is -2.11. The van der Waals surface area contributed by atoms with Gasteiger partial charge in [-0.25, -0.2) is 0 Å². The summed E-state index contributed by atoms with van der Waals surface area (Å²) in [6, 6.07) is 20.4. The minimum Gasteiger partial charge on any atom is -0.508 e. The van der Waals surface area contributed by atoms with Gasteiger partial charge in [0.1, 0.15) is 23.0 Å². The Labute approximate surface area is 145 Å². The normalized spacial score (nSPS) is 10.1. The van der Waals surface area contributed by atoms with Crippen LogP contribution in [0.1, 0.15) is 10.4 Å². The van der Waals surface area contributed by atoms with Crippen LogP contribution in [0.2, 0.25) is 0 Å². The van der Waals surface area contributed by atoms with E-state index < -0.39 is 0 Å². The summed E-state index contributed by atoms with van der Waals surface area (Å²) in [6.45, 7) is 0. The molecule has 3 aromatic rings. The van der Waals surface area contributed by atoms with E-state index in [0.29, 0.717) is 28.5 Å². The summed E-state index contributed by atoms with van der Waals surface area (Å²) in [5.74, 6) is 1.73. The Morgan fingerprint density at radius 3 is 2.36 bits per heavy atom. The molecular weight excluding hydrogens is 318 g/mol. The first kappa shape index (κ1) is 16.4. The molecule has 0 aliphatic carbocycles. The molecule has 0 unspecified atom stereocenters. The number of hydrogen-bond acceptors (Lipinski definition) is 4. The standard InChI is InChI=1S/C20H17NO4/c1-24-18-6-2-4-14(12-18)20(23)21-15-5-3-7-19(13-15)25-17-10-8-16(22)9-11-17/h2-13,22H,1H3,(H,21,23). The highest BCUT2D eigenvalue weighted by molar-refractivity contribution is 6.04. The average Bonchev–Trinajstić information content (AvgIpc) is 2.64. The molecule has 0 spiro atoms. The van der Waals surface area contributed by atoms with Gasteiger partial charge in [-0.15, -0.1) is 0 Å². The fraction of sp³-hybridized carbons (Fsp3) is 0.0500. The van der Waals surface area contributed by atoms with Crippen LogP contribution in [-0.4, -0.2) is 18.1 Å². The van der Waals surface area contributed by atoms with E-state index in [1.54, 1.807) is 79.9 Å².